The van der Waals surface area contributed by atoms with Gasteiger partial charge in [0.15, 0.2) is 0 Å². The maximum Gasteiger partial charge on any atom is 0.259 e. The number of carbonyl (C=O) groups excluding carboxylic acids is 1. The van der Waals surface area contributed by atoms with Gasteiger partial charge in [0, 0.05) is 23.5 Å². The number of aryl methyl sites for hydroxylation is 3. The van der Waals surface area contributed by atoms with Crippen molar-refractivity contribution in [1.82, 2.24) is 4.98 Å². The standard InChI is InChI=1S/C24H24N2O/c1-17-15-18(2)25-22(17)16-21-20-12-6-7-13-23(20)26(24(21)27)14-8-11-19-9-4-3-5-10-19/h3-7,9-10,12-13,15-16,25H,8,11,14H2,1-2H3. The quantitative estimate of drug-likeness (QED) is 0.631. The van der Waals surface area contributed by atoms with Crippen LogP contribution in [0.3, 0.4) is 0 Å². The van der Waals surface area contributed by atoms with Crippen molar-refractivity contribution in [2.45, 2.75) is 26.7 Å². The molecule has 0 fully saturated rings. The fraction of sp³-hybridized carbons (Fsp3) is 0.208. The molecule has 3 nitrogen and oxygen atoms in total. The Kier molecular flexibility index (Phi) is 4.68. The minimum atomic E-state index is 0.0934. The van der Waals surface area contributed by atoms with Gasteiger partial charge in [-0.3, -0.25) is 4.79 Å². The number of H-pyrrole nitrogens is 1. The Morgan fingerprint density at radius 2 is 1.74 bits per heavy atom. The van der Waals surface area contributed by atoms with E-state index in [4.69, 9.17) is 0 Å². The Morgan fingerprint density at radius 1 is 1.00 bits per heavy atom. The fourth-order valence-corrected chi connectivity index (χ4v) is 3.80. The molecule has 0 radical (unpaired) electrons. The molecule has 3 aromatic rings. The SMILES string of the molecule is Cc1cc(C)c(C=C2C(=O)N(CCCc3ccccc3)c3ccccc32)[nH]1. The summed E-state index contributed by atoms with van der Waals surface area (Å²) in [7, 11) is 0. The zero-order valence-corrected chi connectivity index (χ0v) is 15.8. The maximum atomic E-state index is 13.2. The molecule has 1 amide bonds. The summed E-state index contributed by atoms with van der Waals surface area (Å²) >= 11 is 0. The summed E-state index contributed by atoms with van der Waals surface area (Å²) in [6, 6.07) is 20.6. The molecule has 0 aliphatic carbocycles. The number of fused-ring (bicyclic) bond motifs is 1. The molecule has 1 aromatic heterocycles. The van der Waals surface area contributed by atoms with Gasteiger partial charge in [-0.2, -0.15) is 0 Å². The molecule has 0 atom stereocenters. The second-order valence-electron chi connectivity index (χ2n) is 7.17. The number of aromatic amines is 1. The molecule has 2 heterocycles. The van der Waals surface area contributed by atoms with Crippen molar-refractivity contribution in [2.75, 3.05) is 11.4 Å². The Morgan fingerprint density at radius 3 is 2.48 bits per heavy atom. The van der Waals surface area contributed by atoms with E-state index in [-0.39, 0.29) is 5.91 Å². The fourth-order valence-electron chi connectivity index (χ4n) is 3.80. The predicted molar refractivity (Wildman–Crippen MR) is 112 cm³/mol. The van der Waals surface area contributed by atoms with Crippen LogP contribution in [0.1, 0.15) is 34.5 Å². The molecule has 0 spiro atoms. The molecule has 1 aliphatic rings. The van der Waals surface area contributed by atoms with Gasteiger partial charge in [-0.15, -0.1) is 0 Å². The summed E-state index contributed by atoms with van der Waals surface area (Å²) in [4.78, 5) is 18.5. The largest absolute Gasteiger partial charge is 0.359 e. The summed E-state index contributed by atoms with van der Waals surface area (Å²) < 4.78 is 0. The van der Waals surface area contributed by atoms with Gasteiger partial charge >= 0.3 is 0 Å². The molecule has 1 aliphatic heterocycles. The number of hydrogen-bond donors (Lipinski definition) is 1. The van der Waals surface area contributed by atoms with Crippen LogP contribution in [-0.2, 0) is 11.2 Å². The highest BCUT2D eigenvalue weighted by Crippen LogP contribution is 2.38. The highest BCUT2D eigenvalue weighted by Gasteiger charge is 2.31. The lowest BCUT2D eigenvalue weighted by Gasteiger charge is -2.17. The third-order valence-electron chi connectivity index (χ3n) is 5.13. The highest BCUT2D eigenvalue weighted by molar-refractivity contribution is 6.35. The van der Waals surface area contributed by atoms with Crippen LogP contribution in [0.5, 0.6) is 0 Å². The van der Waals surface area contributed by atoms with E-state index in [1.807, 2.05) is 48.2 Å². The molecule has 136 valence electrons. The van der Waals surface area contributed by atoms with Crippen molar-refractivity contribution in [2.24, 2.45) is 0 Å². The van der Waals surface area contributed by atoms with Crippen LogP contribution in [0.15, 0.2) is 60.7 Å². The number of amides is 1. The minimum Gasteiger partial charge on any atom is -0.359 e. The predicted octanol–water partition coefficient (Wildman–Crippen LogP) is 5.15. The average Bonchev–Trinajstić information content (AvgIpc) is 3.13. The Labute approximate surface area is 160 Å². The summed E-state index contributed by atoms with van der Waals surface area (Å²) in [5, 5.41) is 0. The van der Waals surface area contributed by atoms with Crippen LogP contribution >= 0.6 is 0 Å². The zero-order chi connectivity index (χ0) is 18.8. The molecule has 0 bridgehead atoms. The van der Waals surface area contributed by atoms with Crippen LogP contribution < -0.4 is 4.90 Å². The normalized spacial score (nSPS) is 14.8. The number of rotatable bonds is 5. The maximum absolute atomic E-state index is 13.2. The van der Waals surface area contributed by atoms with Gasteiger partial charge in [0.2, 0.25) is 0 Å². The van der Waals surface area contributed by atoms with Crippen LogP contribution in [-0.4, -0.2) is 17.4 Å². The van der Waals surface area contributed by atoms with Gasteiger partial charge in [-0.1, -0.05) is 48.5 Å². The van der Waals surface area contributed by atoms with Crippen molar-refractivity contribution in [3.63, 3.8) is 0 Å². The van der Waals surface area contributed by atoms with Gasteiger partial charge in [0.25, 0.3) is 5.91 Å². The van der Waals surface area contributed by atoms with Crippen LogP contribution in [0, 0.1) is 13.8 Å². The molecule has 4 rings (SSSR count). The average molecular weight is 356 g/mol. The van der Waals surface area contributed by atoms with Gasteiger partial charge in [-0.05, 0) is 56.0 Å². The van der Waals surface area contributed by atoms with E-state index in [1.165, 1.54) is 5.56 Å². The molecule has 2 aromatic carbocycles. The number of nitrogens with one attached hydrogen (secondary N) is 1. The first-order chi connectivity index (χ1) is 13.1. The number of aromatic nitrogens is 1. The first kappa shape index (κ1) is 17.3. The van der Waals surface area contributed by atoms with Gasteiger partial charge in [0.05, 0.1) is 11.3 Å². The van der Waals surface area contributed by atoms with E-state index in [1.54, 1.807) is 0 Å². The smallest absolute Gasteiger partial charge is 0.259 e. The van der Waals surface area contributed by atoms with E-state index < -0.39 is 0 Å². The van der Waals surface area contributed by atoms with Crippen LogP contribution in [0.4, 0.5) is 5.69 Å². The zero-order valence-electron chi connectivity index (χ0n) is 15.8. The van der Waals surface area contributed by atoms with Crippen molar-refractivity contribution in [1.29, 1.82) is 0 Å². The van der Waals surface area contributed by atoms with E-state index in [0.717, 1.165) is 53.2 Å². The number of carbonyl (C=O) groups is 1. The van der Waals surface area contributed by atoms with Crippen molar-refractivity contribution in [3.8, 4) is 0 Å². The lowest BCUT2D eigenvalue weighted by Crippen LogP contribution is -2.27. The monoisotopic (exact) mass is 356 g/mol. The third kappa shape index (κ3) is 3.45. The van der Waals surface area contributed by atoms with Crippen LogP contribution in [0.2, 0.25) is 0 Å². The second-order valence-corrected chi connectivity index (χ2v) is 7.17. The lowest BCUT2D eigenvalue weighted by atomic mass is 10.1. The van der Waals surface area contributed by atoms with Crippen molar-refractivity contribution < 1.29 is 4.79 Å². The molecule has 0 saturated carbocycles. The van der Waals surface area contributed by atoms with Crippen molar-refractivity contribution in [3.05, 3.63) is 88.7 Å². The van der Waals surface area contributed by atoms with Gasteiger partial charge < -0.3 is 9.88 Å². The summed E-state index contributed by atoms with van der Waals surface area (Å²) in [5.74, 6) is 0.0934. The van der Waals surface area contributed by atoms with E-state index in [2.05, 4.69) is 42.2 Å². The molecule has 0 unspecified atom stereocenters. The Balaban J connectivity index is 1.59. The number of nitrogens with zero attached hydrogens (tertiary/aromatic N) is 1. The summed E-state index contributed by atoms with van der Waals surface area (Å²) in [5.41, 5.74) is 7.40. The molecule has 3 heteroatoms. The van der Waals surface area contributed by atoms with Gasteiger partial charge in [0.1, 0.15) is 0 Å². The van der Waals surface area contributed by atoms with Gasteiger partial charge in [-0.25, -0.2) is 0 Å². The third-order valence-corrected chi connectivity index (χ3v) is 5.13. The number of benzene rings is 2. The number of hydrogen-bond acceptors (Lipinski definition) is 1. The van der Waals surface area contributed by atoms with Crippen molar-refractivity contribution >= 4 is 23.2 Å². The Hall–Kier alpha value is -3.07. The second kappa shape index (κ2) is 7.28. The summed E-state index contributed by atoms with van der Waals surface area (Å²) in [6.07, 6.45) is 3.92. The Bertz CT molecular complexity index is 998. The van der Waals surface area contributed by atoms with E-state index in [9.17, 15) is 4.79 Å². The topological polar surface area (TPSA) is 36.1 Å². The highest BCUT2D eigenvalue weighted by atomic mass is 16.2. The van der Waals surface area contributed by atoms with E-state index >= 15 is 0 Å². The lowest BCUT2D eigenvalue weighted by molar-refractivity contribution is -0.113. The first-order valence-electron chi connectivity index (χ1n) is 9.46. The molecular formula is C24H24N2O. The summed E-state index contributed by atoms with van der Waals surface area (Å²) in [6.45, 7) is 4.83. The molecule has 0 saturated heterocycles. The van der Waals surface area contributed by atoms with E-state index in [0.29, 0.717) is 0 Å². The molecule has 1 N–H and O–H groups in total. The minimum absolute atomic E-state index is 0.0934. The molecule has 27 heavy (non-hydrogen) atoms. The number of para-hydroxylation sites is 1. The molecular weight excluding hydrogens is 332 g/mol. The number of anilines is 1. The van der Waals surface area contributed by atoms with Crippen LogP contribution in [0.25, 0.3) is 11.6 Å². The first-order valence-corrected chi connectivity index (χ1v) is 9.46.